The molecule has 2 saturated heterocycles. The second-order valence-corrected chi connectivity index (χ2v) is 10.7. The summed E-state index contributed by atoms with van der Waals surface area (Å²) in [6.07, 6.45) is 3.22. The highest BCUT2D eigenvalue weighted by molar-refractivity contribution is 7.89. The van der Waals surface area contributed by atoms with Gasteiger partial charge in [-0.3, -0.25) is 4.79 Å². The van der Waals surface area contributed by atoms with Crippen molar-refractivity contribution in [2.45, 2.75) is 50.1 Å². The molecule has 0 aromatic heterocycles. The minimum Gasteiger partial charge on any atom is -0.338 e. The van der Waals surface area contributed by atoms with Gasteiger partial charge in [0.25, 0.3) is 5.91 Å². The van der Waals surface area contributed by atoms with E-state index in [4.69, 9.17) is 11.6 Å². The Bertz CT molecular complexity index is 843. The van der Waals surface area contributed by atoms with E-state index in [1.807, 2.05) is 18.7 Å². The van der Waals surface area contributed by atoms with Gasteiger partial charge < -0.3 is 9.80 Å². The molecule has 0 N–H and O–H groups in total. The van der Waals surface area contributed by atoms with Gasteiger partial charge in [0.2, 0.25) is 10.0 Å². The topological polar surface area (TPSA) is 60.9 Å². The van der Waals surface area contributed by atoms with Crippen LogP contribution in [-0.4, -0.2) is 74.2 Å². The summed E-state index contributed by atoms with van der Waals surface area (Å²) in [5, 5.41) is 0.291. The zero-order valence-electron chi connectivity index (χ0n) is 17.1. The molecule has 1 amide bonds. The van der Waals surface area contributed by atoms with Gasteiger partial charge in [-0.25, -0.2) is 8.42 Å². The Morgan fingerprint density at radius 1 is 1.25 bits per heavy atom. The van der Waals surface area contributed by atoms with E-state index in [0.717, 1.165) is 25.8 Å². The molecular formula is C20H30ClN3O3S. The summed E-state index contributed by atoms with van der Waals surface area (Å²) in [6, 6.07) is 4.76. The molecule has 2 atom stereocenters. The Morgan fingerprint density at radius 2 is 1.96 bits per heavy atom. The van der Waals surface area contributed by atoms with Crippen LogP contribution in [-0.2, 0) is 10.0 Å². The van der Waals surface area contributed by atoms with Crippen LogP contribution in [0.2, 0.25) is 5.02 Å². The molecule has 156 valence electrons. The number of nitrogens with zero attached hydrogens (tertiary/aromatic N) is 3. The zero-order valence-corrected chi connectivity index (χ0v) is 18.6. The van der Waals surface area contributed by atoms with Crippen molar-refractivity contribution in [3.8, 4) is 0 Å². The van der Waals surface area contributed by atoms with Crippen LogP contribution in [0.3, 0.4) is 0 Å². The second-order valence-electron chi connectivity index (χ2n) is 8.25. The minimum atomic E-state index is -3.67. The van der Waals surface area contributed by atoms with Crippen LogP contribution in [0.25, 0.3) is 0 Å². The molecule has 6 nitrogen and oxygen atoms in total. The molecule has 0 aliphatic carbocycles. The Labute approximate surface area is 173 Å². The Morgan fingerprint density at radius 3 is 2.64 bits per heavy atom. The van der Waals surface area contributed by atoms with E-state index in [-0.39, 0.29) is 22.4 Å². The zero-order chi connectivity index (χ0) is 20.6. The van der Waals surface area contributed by atoms with E-state index in [1.54, 1.807) is 7.05 Å². The normalized spacial score (nSPS) is 23.9. The van der Waals surface area contributed by atoms with Crippen LogP contribution in [0.4, 0.5) is 0 Å². The summed E-state index contributed by atoms with van der Waals surface area (Å²) in [4.78, 5) is 17.5. The van der Waals surface area contributed by atoms with E-state index >= 15 is 0 Å². The summed E-state index contributed by atoms with van der Waals surface area (Å²) in [5.41, 5.74) is 0.266. The Balaban J connectivity index is 1.84. The standard InChI is InChI=1S/C20H30ClN3O3S/c1-14(2)23(4)28(26,27)16-7-8-18(21)17(12-16)20(25)24-11-9-19-15(13-24)6-5-10-22(19)3/h7-8,12,14-15,19H,5-6,9-11,13H2,1-4H3/t15-,19+/m0/s1. The maximum Gasteiger partial charge on any atom is 0.255 e. The summed E-state index contributed by atoms with van der Waals surface area (Å²) < 4.78 is 26.9. The van der Waals surface area contributed by atoms with E-state index in [9.17, 15) is 13.2 Å². The van der Waals surface area contributed by atoms with Gasteiger partial charge >= 0.3 is 0 Å². The highest BCUT2D eigenvalue weighted by Crippen LogP contribution is 2.31. The van der Waals surface area contributed by atoms with Gasteiger partial charge in [0, 0.05) is 32.2 Å². The van der Waals surface area contributed by atoms with Crippen molar-refractivity contribution in [2.75, 3.05) is 33.7 Å². The number of carbonyl (C=O) groups excluding carboxylic acids is 1. The number of likely N-dealkylation sites (tertiary alicyclic amines) is 2. The first-order valence-electron chi connectivity index (χ1n) is 9.90. The van der Waals surface area contributed by atoms with Crippen molar-refractivity contribution in [3.63, 3.8) is 0 Å². The number of sulfonamides is 1. The van der Waals surface area contributed by atoms with E-state index in [0.29, 0.717) is 30.1 Å². The largest absolute Gasteiger partial charge is 0.338 e. The summed E-state index contributed by atoms with van der Waals surface area (Å²) in [7, 11) is 0.0288. The molecule has 0 radical (unpaired) electrons. The predicted molar refractivity (Wildman–Crippen MR) is 111 cm³/mol. The first-order chi connectivity index (χ1) is 13.1. The van der Waals surface area contributed by atoms with Gasteiger partial charge in [0.15, 0.2) is 0 Å². The van der Waals surface area contributed by atoms with Gasteiger partial charge in [0.05, 0.1) is 15.5 Å². The molecule has 8 heteroatoms. The third-order valence-electron chi connectivity index (χ3n) is 6.21. The van der Waals surface area contributed by atoms with Crippen molar-refractivity contribution in [2.24, 2.45) is 5.92 Å². The number of amides is 1. The number of halogens is 1. The Hall–Kier alpha value is -1.15. The first kappa shape index (κ1) is 21.6. The maximum absolute atomic E-state index is 13.2. The smallest absolute Gasteiger partial charge is 0.255 e. The van der Waals surface area contributed by atoms with Crippen molar-refractivity contribution < 1.29 is 13.2 Å². The number of hydrogen-bond acceptors (Lipinski definition) is 4. The second kappa shape index (κ2) is 8.30. The van der Waals surface area contributed by atoms with Crippen LogP contribution < -0.4 is 0 Å². The monoisotopic (exact) mass is 427 g/mol. The fraction of sp³-hybridized carbons (Fsp3) is 0.650. The summed E-state index contributed by atoms with van der Waals surface area (Å²) in [6.45, 7) is 6.11. The van der Waals surface area contributed by atoms with Gasteiger partial charge in [0.1, 0.15) is 0 Å². The lowest BCUT2D eigenvalue weighted by Crippen LogP contribution is -2.53. The van der Waals surface area contributed by atoms with E-state index in [2.05, 4.69) is 11.9 Å². The van der Waals surface area contributed by atoms with E-state index < -0.39 is 10.0 Å². The highest BCUT2D eigenvalue weighted by Gasteiger charge is 2.36. The molecule has 28 heavy (non-hydrogen) atoms. The quantitative estimate of drug-likeness (QED) is 0.741. The number of hydrogen-bond donors (Lipinski definition) is 0. The number of carbonyl (C=O) groups is 1. The van der Waals surface area contributed by atoms with Crippen LogP contribution in [0, 0.1) is 5.92 Å². The van der Waals surface area contributed by atoms with Gasteiger partial charge in [-0.15, -0.1) is 0 Å². The molecule has 0 unspecified atom stereocenters. The lowest BCUT2D eigenvalue weighted by Gasteiger charge is -2.46. The number of piperidine rings is 2. The van der Waals surface area contributed by atoms with Crippen LogP contribution >= 0.6 is 11.6 Å². The fourth-order valence-corrected chi connectivity index (χ4v) is 5.87. The average Bonchev–Trinajstić information content (AvgIpc) is 2.66. The molecule has 2 fully saturated rings. The minimum absolute atomic E-state index is 0.101. The molecule has 2 aliphatic heterocycles. The SMILES string of the molecule is CC(C)N(C)S(=O)(=O)c1ccc(Cl)c(C(=O)N2CC[C@@H]3[C@@H](CCCN3C)C2)c1. The van der Waals surface area contributed by atoms with Gasteiger partial charge in [-0.05, 0) is 70.8 Å². The summed E-state index contributed by atoms with van der Waals surface area (Å²) in [5.74, 6) is 0.287. The van der Waals surface area contributed by atoms with Crippen LogP contribution in [0.15, 0.2) is 23.1 Å². The molecule has 2 aliphatic rings. The third-order valence-corrected chi connectivity index (χ3v) is 8.56. The molecule has 0 saturated carbocycles. The molecule has 0 spiro atoms. The molecule has 0 bridgehead atoms. The number of fused-ring (bicyclic) bond motifs is 1. The fourth-order valence-electron chi connectivity index (χ4n) is 4.28. The third kappa shape index (κ3) is 4.08. The Kier molecular flexibility index (Phi) is 6.39. The van der Waals surface area contributed by atoms with Crippen molar-refractivity contribution >= 4 is 27.5 Å². The first-order valence-corrected chi connectivity index (χ1v) is 11.7. The van der Waals surface area contributed by atoms with E-state index in [1.165, 1.54) is 22.5 Å². The van der Waals surface area contributed by atoms with Crippen LogP contribution in [0.5, 0.6) is 0 Å². The number of rotatable bonds is 4. The van der Waals surface area contributed by atoms with Gasteiger partial charge in [-0.1, -0.05) is 11.6 Å². The molecule has 3 rings (SSSR count). The van der Waals surface area contributed by atoms with Gasteiger partial charge in [-0.2, -0.15) is 4.31 Å². The van der Waals surface area contributed by atoms with Crippen molar-refractivity contribution in [1.29, 1.82) is 0 Å². The number of benzene rings is 1. The molecule has 1 aromatic carbocycles. The highest BCUT2D eigenvalue weighted by atomic mass is 35.5. The van der Waals surface area contributed by atoms with Crippen molar-refractivity contribution in [1.82, 2.24) is 14.1 Å². The average molecular weight is 428 g/mol. The van der Waals surface area contributed by atoms with Crippen molar-refractivity contribution in [3.05, 3.63) is 28.8 Å². The molecule has 2 heterocycles. The predicted octanol–water partition coefficient (Wildman–Crippen LogP) is 2.93. The van der Waals surface area contributed by atoms with Crippen LogP contribution in [0.1, 0.15) is 43.5 Å². The maximum atomic E-state index is 13.2. The lowest BCUT2D eigenvalue weighted by atomic mass is 9.84. The molecule has 1 aromatic rings. The molecular weight excluding hydrogens is 398 g/mol. The summed E-state index contributed by atoms with van der Waals surface area (Å²) >= 11 is 6.30. The lowest BCUT2D eigenvalue weighted by molar-refractivity contribution is 0.0317.